The van der Waals surface area contributed by atoms with Crippen molar-refractivity contribution in [2.45, 2.75) is 38.5 Å². The Morgan fingerprint density at radius 1 is 1.61 bits per heavy atom. The lowest BCUT2D eigenvalue weighted by Gasteiger charge is -2.37. The van der Waals surface area contributed by atoms with Gasteiger partial charge in [-0.2, -0.15) is 0 Å². The number of aryl methyl sites for hydroxylation is 1. The standard InChI is InChI=1S/C16H20N2O4S/c1-9-12(8-21-2)15(18-22-9)16(20)17-14(10-6-11(19)7-10)13-4-3-5-23-13/h3-5,10-11,14,19H,6-8H2,1-2H3,(H,17,20)/t10?,11?,14-/m1/s1. The van der Waals surface area contributed by atoms with E-state index in [2.05, 4.69) is 10.5 Å². The Hall–Kier alpha value is -1.70. The van der Waals surface area contributed by atoms with Crippen molar-refractivity contribution in [3.8, 4) is 0 Å². The third-order valence-electron chi connectivity index (χ3n) is 4.25. The van der Waals surface area contributed by atoms with Crippen molar-refractivity contribution >= 4 is 17.2 Å². The van der Waals surface area contributed by atoms with Gasteiger partial charge in [-0.1, -0.05) is 11.2 Å². The topological polar surface area (TPSA) is 84.6 Å². The van der Waals surface area contributed by atoms with Crippen LogP contribution in [0.1, 0.15) is 45.6 Å². The van der Waals surface area contributed by atoms with Gasteiger partial charge in [0, 0.05) is 12.0 Å². The first-order valence-corrected chi connectivity index (χ1v) is 8.44. The zero-order valence-corrected chi connectivity index (χ0v) is 13.9. The lowest BCUT2D eigenvalue weighted by molar-refractivity contribution is 0.0240. The molecule has 2 heterocycles. The molecule has 2 aromatic heterocycles. The van der Waals surface area contributed by atoms with E-state index in [0.717, 1.165) is 4.88 Å². The first-order chi connectivity index (χ1) is 11.1. The fourth-order valence-corrected chi connectivity index (χ4v) is 3.75. The summed E-state index contributed by atoms with van der Waals surface area (Å²) in [4.78, 5) is 13.7. The van der Waals surface area contributed by atoms with Crippen molar-refractivity contribution in [2.24, 2.45) is 5.92 Å². The van der Waals surface area contributed by atoms with Gasteiger partial charge in [-0.05, 0) is 37.1 Å². The van der Waals surface area contributed by atoms with Crippen LogP contribution < -0.4 is 5.32 Å². The van der Waals surface area contributed by atoms with Crippen LogP contribution in [0.15, 0.2) is 22.0 Å². The Bertz CT molecular complexity index is 662. The summed E-state index contributed by atoms with van der Waals surface area (Å²) in [7, 11) is 1.57. The van der Waals surface area contributed by atoms with Crippen LogP contribution in [0.5, 0.6) is 0 Å². The fourth-order valence-electron chi connectivity index (χ4n) is 2.89. The van der Waals surface area contributed by atoms with Gasteiger partial charge in [-0.15, -0.1) is 11.3 Å². The number of amides is 1. The molecule has 1 aliphatic carbocycles. The maximum atomic E-state index is 12.6. The lowest BCUT2D eigenvalue weighted by atomic mass is 9.76. The van der Waals surface area contributed by atoms with Crippen molar-refractivity contribution in [3.63, 3.8) is 0 Å². The van der Waals surface area contributed by atoms with Crippen LogP contribution in [0.25, 0.3) is 0 Å². The number of aromatic nitrogens is 1. The number of nitrogens with one attached hydrogen (secondary N) is 1. The summed E-state index contributed by atoms with van der Waals surface area (Å²) < 4.78 is 10.2. The Balaban J connectivity index is 1.79. The van der Waals surface area contributed by atoms with Gasteiger partial charge in [0.25, 0.3) is 5.91 Å². The van der Waals surface area contributed by atoms with E-state index in [-0.39, 0.29) is 36.3 Å². The quantitative estimate of drug-likeness (QED) is 0.846. The first-order valence-electron chi connectivity index (χ1n) is 7.56. The van der Waals surface area contributed by atoms with E-state index in [4.69, 9.17) is 9.26 Å². The van der Waals surface area contributed by atoms with Crippen LogP contribution in [-0.4, -0.2) is 29.4 Å². The van der Waals surface area contributed by atoms with Crippen LogP contribution in [0.4, 0.5) is 0 Å². The highest BCUT2D eigenvalue weighted by Gasteiger charge is 2.37. The van der Waals surface area contributed by atoms with Gasteiger partial charge in [-0.3, -0.25) is 4.79 Å². The molecule has 2 N–H and O–H groups in total. The Morgan fingerprint density at radius 2 is 2.39 bits per heavy atom. The van der Waals surface area contributed by atoms with Crippen LogP contribution in [0.3, 0.4) is 0 Å². The minimum atomic E-state index is -0.270. The molecule has 1 aliphatic rings. The maximum absolute atomic E-state index is 12.6. The molecule has 0 unspecified atom stereocenters. The summed E-state index contributed by atoms with van der Waals surface area (Å²) in [6.45, 7) is 2.04. The number of thiophene rings is 1. The molecule has 0 aromatic carbocycles. The summed E-state index contributed by atoms with van der Waals surface area (Å²) in [5.41, 5.74) is 0.939. The predicted molar refractivity (Wildman–Crippen MR) is 85.2 cm³/mol. The van der Waals surface area contributed by atoms with E-state index >= 15 is 0 Å². The highest BCUT2D eigenvalue weighted by Crippen LogP contribution is 2.39. The first kappa shape index (κ1) is 16.2. The summed E-state index contributed by atoms with van der Waals surface area (Å²) in [6, 6.07) is 3.85. The average Bonchev–Trinajstić information content (AvgIpc) is 3.13. The number of ether oxygens (including phenoxy) is 1. The molecule has 23 heavy (non-hydrogen) atoms. The van der Waals surface area contributed by atoms with Crippen molar-refractivity contribution in [2.75, 3.05) is 7.11 Å². The molecule has 124 valence electrons. The number of hydrogen-bond donors (Lipinski definition) is 2. The molecule has 3 rings (SSSR count). The maximum Gasteiger partial charge on any atom is 0.274 e. The monoisotopic (exact) mass is 336 g/mol. The zero-order valence-electron chi connectivity index (χ0n) is 13.1. The van der Waals surface area contributed by atoms with Crippen LogP contribution in [0, 0.1) is 12.8 Å². The number of aliphatic hydroxyl groups is 1. The molecular weight excluding hydrogens is 316 g/mol. The molecule has 0 radical (unpaired) electrons. The smallest absolute Gasteiger partial charge is 0.274 e. The molecule has 0 bridgehead atoms. The predicted octanol–water partition coefficient (Wildman–Crippen LogP) is 2.43. The second kappa shape index (κ2) is 6.82. The highest BCUT2D eigenvalue weighted by atomic mass is 32.1. The SMILES string of the molecule is COCc1c(C(=O)N[C@@H](c2cccs2)C2CC(O)C2)noc1C. The number of rotatable bonds is 6. The largest absolute Gasteiger partial charge is 0.393 e. The number of carbonyl (C=O) groups excluding carboxylic acids is 1. The van der Waals surface area contributed by atoms with Crippen molar-refractivity contribution in [1.29, 1.82) is 0 Å². The van der Waals surface area contributed by atoms with E-state index < -0.39 is 0 Å². The molecule has 0 aliphatic heterocycles. The van der Waals surface area contributed by atoms with Gasteiger partial charge in [0.2, 0.25) is 0 Å². The van der Waals surface area contributed by atoms with E-state index in [1.54, 1.807) is 25.4 Å². The van der Waals surface area contributed by atoms with E-state index in [9.17, 15) is 9.90 Å². The van der Waals surface area contributed by atoms with Gasteiger partial charge in [0.1, 0.15) is 5.76 Å². The number of hydrogen-bond acceptors (Lipinski definition) is 6. The van der Waals surface area contributed by atoms with E-state index in [1.165, 1.54) is 0 Å². The van der Waals surface area contributed by atoms with Gasteiger partial charge in [-0.25, -0.2) is 0 Å². The Labute approximate surface area is 138 Å². The van der Waals surface area contributed by atoms with Crippen LogP contribution >= 0.6 is 11.3 Å². The molecule has 2 aromatic rings. The lowest BCUT2D eigenvalue weighted by Crippen LogP contribution is -2.41. The normalized spacial score (nSPS) is 21.7. The summed E-state index contributed by atoms with van der Waals surface area (Å²) in [6.07, 6.45) is 1.13. The third-order valence-corrected chi connectivity index (χ3v) is 5.20. The number of nitrogens with zero attached hydrogens (tertiary/aromatic N) is 1. The zero-order chi connectivity index (χ0) is 16.4. The van der Waals surface area contributed by atoms with Crippen LogP contribution in [0.2, 0.25) is 0 Å². The van der Waals surface area contributed by atoms with Gasteiger partial charge >= 0.3 is 0 Å². The number of carbonyl (C=O) groups is 1. The van der Waals surface area contributed by atoms with Gasteiger partial charge in [0.15, 0.2) is 5.69 Å². The second-order valence-corrected chi connectivity index (χ2v) is 6.83. The molecule has 1 saturated carbocycles. The fraction of sp³-hybridized carbons (Fsp3) is 0.500. The third kappa shape index (κ3) is 3.31. The van der Waals surface area contributed by atoms with E-state index in [1.807, 2.05) is 17.5 Å². The molecular formula is C16H20N2O4S. The van der Waals surface area contributed by atoms with Gasteiger partial charge in [0.05, 0.1) is 24.3 Å². The van der Waals surface area contributed by atoms with Crippen molar-refractivity contribution < 1.29 is 19.2 Å². The summed E-state index contributed by atoms with van der Waals surface area (Å²) in [5, 5.41) is 18.5. The number of aliphatic hydroxyl groups excluding tert-OH is 1. The molecule has 1 fully saturated rings. The molecule has 0 spiro atoms. The second-order valence-electron chi connectivity index (χ2n) is 5.85. The molecule has 1 atom stereocenters. The Morgan fingerprint density at radius 3 is 3.00 bits per heavy atom. The van der Waals surface area contributed by atoms with E-state index in [0.29, 0.717) is 24.2 Å². The molecule has 6 nitrogen and oxygen atoms in total. The van der Waals surface area contributed by atoms with Crippen LogP contribution in [-0.2, 0) is 11.3 Å². The minimum Gasteiger partial charge on any atom is -0.393 e. The Kier molecular flexibility index (Phi) is 4.79. The molecule has 7 heteroatoms. The number of methoxy groups -OCH3 is 1. The molecule has 1 amide bonds. The summed E-state index contributed by atoms with van der Waals surface area (Å²) >= 11 is 1.60. The average molecular weight is 336 g/mol. The van der Waals surface area contributed by atoms with Crippen molar-refractivity contribution in [1.82, 2.24) is 10.5 Å². The molecule has 0 saturated heterocycles. The van der Waals surface area contributed by atoms with Crippen molar-refractivity contribution in [3.05, 3.63) is 39.4 Å². The highest BCUT2D eigenvalue weighted by molar-refractivity contribution is 7.10. The minimum absolute atomic E-state index is 0.113. The summed E-state index contributed by atoms with van der Waals surface area (Å²) in [5.74, 6) is 0.559. The van der Waals surface area contributed by atoms with Gasteiger partial charge < -0.3 is 19.7 Å².